The summed E-state index contributed by atoms with van der Waals surface area (Å²) in [6.07, 6.45) is -0.151. The van der Waals surface area contributed by atoms with Crippen molar-refractivity contribution in [2.45, 2.75) is 51.0 Å². The number of rotatable bonds is 10. The van der Waals surface area contributed by atoms with Gasteiger partial charge in [-0.25, -0.2) is 4.39 Å². The topological polar surface area (TPSA) is 27.7 Å². The van der Waals surface area contributed by atoms with E-state index in [0.717, 1.165) is 60.9 Å². The predicted octanol–water partition coefficient (Wildman–Crippen LogP) is 7.13. The van der Waals surface area contributed by atoms with Crippen molar-refractivity contribution in [3.8, 4) is 0 Å². The monoisotopic (exact) mass is 504 g/mol. The van der Waals surface area contributed by atoms with Crippen LogP contribution in [0.3, 0.4) is 0 Å². The zero-order valence-corrected chi connectivity index (χ0v) is 20.5. The summed E-state index contributed by atoms with van der Waals surface area (Å²) in [6, 6.07) is 14.4. The van der Waals surface area contributed by atoms with Gasteiger partial charge >= 0.3 is 6.18 Å². The smallest absolute Gasteiger partial charge is 0.385 e. The van der Waals surface area contributed by atoms with E-state index in [-0.39, 0.29) is 12.1 Å². The van der Waals surface area contributed by atoms with Crippen molar-refractivity contribution < 1.29 is 31.8 Å². The van der Waals surface area contributed by atoms with Crippen LogP contribution in [-0.4, -0.2) is 33.2 Å². The molecule has 194 valence electrons. The first-order chi connectivity index (χ1) is 17.3. The van der Waals surface area contributed by atoms with Gasteiger partial charge in [0.05, 0.1) is 18.8 Å². The highest BCUT2D eigenvalue weighted by Crippen LogP contribution is 2.30. The minimum absolute atomic E-state index is 0.219. The molecule has 1 aliphatic rings. The highest BCUT2D eigenvalue weighted by Gasteiger charge is 2.30. The average Bonchev–Trinajstić information content (AvgIpc) is 2.88. The molecule has 7 heteroatoms. The average molecular weight is 505 g/mol. The third-order valence-electron chi connectivity index (χ3n) is 6.73. The molecule has 3 aromatic rings. The summed E-state index contributed by atoms with van der Waals surface area (Å²) in [7, 11) is 1.71. The standard InChI is InChI=1S/C29H32F4O3/c1-34-16-2-3-22-18-35-27(36-19-22)15-8-21-7-14-26-24(17-21)11-10-23(28(26)30)9-4-20-5-12-25(13-6-20)29(31,32)33/h5-7,10-14,17,22,27H,2-4,8-9,15-16,18-19H2,1H3. The van der Waals surface area contributed by atoms with Crippen molar-refractivity contribution in [2.75, 3.05) is 26.9 Å². The van der Waals surface area contributed by atoms with E-state index < -0.39 is 11.7 Å². The number of halogens is 4. The Hall–Kier alpha value is -2.48. The lowest BCUT2D eigenvalue weighted by Crippen LogP contribution is -2.32. The minimum Gasteiger partial charge on any atom is -0.385 e. The van der Waals surface area contributed by atoms with Gasteiger partial charge in [0.2, 0.25) is 0 Å². The molecule has 0 bridgehead atoms. The summed E-state index contributed by atoms with van der Waals surface area (Å²) in [5.41, 5.74) is 1.71. The Labute approximate surface area is 209 Å². The molecule has 1 heterocycles. The second kappa shape index (κ2) is 12.2. The molecule has 0 N–H and O–H groups in total. The number of hydrogen-bond donors (Lipinski definition) is 0. The Morgan fingerprint density at radius 3 is 2.28 bits per heavy atom. The van der Waals surface area contributed by atoms with E-state index in [1.165, 1.54) is 12.1 Å². The maximum absolute atomic E-state index is 15.2. The Morgan fingerprint density at radius 1 is 0.861 bits per heavy atom. The van der Waals surface area contributed by atoms with Crippen molar-refractivity contribution in [2.24, 2.45) is 5.92 Å². The van der Waals surface area contributed by atoms with Crippen LogP contribution in [0.5, 0.6) is 0 Å². The van der Waals surface area contributed by atoms with E-state index in [2.05, 4.69) is 0 Å². The predicted molar refractivity (Wildman–Crippen MR) is 131 cm³/mol. The molecule has 0 aromatic heterocycles. The fourth-order valence-electron chi connectivity index (χ4n) is 4.59. The van der Waals surface area contributed by atoms with E-state index >= 15 is 4.39 Å². The van der Waals surface area contributed by atoms with Gasteiger partial charge < -0.3 is 14.2 Å². The van der Waals surface area contributed by atoms with Gasteiger partial charge in [0.15, 0.2) is 6.29 Å². The number of hydrogen-bond acceptors (Lipinski definition) is 3. The SMILES string of the molecule is COCCCC1COC(CCc2ccc3c(F)c(CCc4ccc(C(F)(F)F)cc4)ccc3c2)OC1. The van der Waals surface area contributed by atoms with E-state index in [0.29, 0.717) is 42.9 Å². The van der Waals surface area contributed by atoms with Crippen LogP contribution in [-0.2, 0) is 39.6 Å². The molecule has 0 amide bonds. The fraction of sp³-hybridized carbons (Fsp3) is 0.448. The normalized spacial score (nSPS) is 18.6. The molecule has 0 unspecified atom stereocenters. The molecule has 0 saturated carbocycles. The molecule has 0 radical (unpaired) electrons. The van der Waals surface area contributed by atoms with Crippen LogP contribution in [0.4, 0.5) is 17.6 Å². The molecule has 1 fully saturated rings. The van der Waals surface area contributed by atoms with Gasteiger partial charge in [0, 0.05) is 31.4 Å². The Kier molecular flexibility index (Phi) is 8.99. The summed E-state index contributed by atoms with van der Waals surface area (Å²) in [4.78, 5) is 0. The zero-order valence-electron chi connectivity index (χ0n) is 20.5. The Balaban J connectivity index is 1.30. The first-order valence-electron chi connectivity index (χ1n) is 12.4. The molecule has 1 saturated heterocycles. The number of aryl methyl sites for hydroxylation is 3. The van der Waals surface area contributed by atoms with Crippen LogP contribution in [0, 0.1) is 11.7 Å². The number of benzene rings is 3. The zero-order chi connectivity index (χ0) is 25.5. The van der Waals surface area contributed by atoms with E-state index in [9.17, 15) is 13.2 Å². The third kappa shape index (κ3) is 7.05. The van der Waals surface area contributed by atoms with E-state index in [1.807, 2.05) is 18.2 Å². The van der Waals surface area contributed by atoms with Gasteiger partial charge in [-0.2, -0.15) is 13.2 Å². The van der Waals surface area contributed by atoms with Crippen LogP contribution >= 0.6 is 0 Å². The molecule has 0 spiro atoms. The van der Waals surface area contributed by atoms with E-state index in [1.54, 1.807) is 19.2 Å². The lowest BCUT2D eigenvalue weighted by atomic mass is 9.97. The highest BCUT2D eigenvalue weighted by molar-refractivity contribution is 5.84. The molecule has 36 heavy (non-hydrogen) atoms. The van der Waals surface area contributed by atoms with Gasteiger partial charge in [-0.1, -0.05) is 42.5 Å². The van der Waals surface area contributed by atoms with Crippen molar-refractivity contribution >= 4 is 10.8 Å². The summed E-state index contributed by atoms with van der Waals surface area (Å²) in [6.45, 7) is 2.16. The fourth-order valence-corrected chi connectivity index (χ4v) is 4.59. The van der Waals surface area contributed by atoms with Crippen LogP contribution in [0.25, 0.3) is 10.8 Å². The maximum Gasteiger partial charge on any atom is 0.416 e. The molecular formula is C29H32F4O3. The summed E-state index contributed by atoms with van der Waals surface area (Å²) < 4.78 is 70.2. The second-order valence-electron chi connectivity index (χ2n) is 9.42. The Morgan fingerprint density at radius 2 is 1.58 bits per heavy atom. The second-order valence-corrected chi connectivity index (χ2v) is 9.42. The van der Waals surface area contributed by atoms with Crippen molar-refractivity contribution in [3.05, 3.63) is 82.7 Å². The molecule has 1 aliphatic heterocycles. The highest BCUT2D eigenvalue weighted by atomic mass is 19.4. The molecule has 0 atom stereocenters. The molecule has 0 aliphatic carbocycles. The number of alkyl halides is 3. The van der Waals surface area contributed by atoms with Gasteiger partial charge in [-0.05, 0) is 66.3 Å². The number of ether oxygens (including phenoxy) is 3. The van der Waals surface area contributed by atoms with Crippen LogP contribution in [0.2, 0.25) is 0 Å². The molecular weight excluding hydrogens is 472 g/mol. The van der Waals surface area contributed by atoms with Gasteiger partial charge in [0.1, 0.15) is 5.82 Å². The first kappa shape index (κ1) is 26.6. The van der Waals surface area contributed by atoms with Crippen LogP contribution in [0.1, 0.15) is 41.5 Å². The molecule has 3 nitrogen and oxygen atoms in total. The van der Waals surface area contributed by atoms with Gasteiger partial charge in [-0.3, -0.25) is 0 Å². The number of methoxy groups -OCH3 is 1. The van der Waals surface area contributed by atoms with Gasteiger partial charge in [0.25, 0.3) is 0 Å². The summed E-state index contributed by atoms with van der Waals surface area (Å²) >= 11 is 0. The van der Waals surface area contributed by atoms with Crippen LogP contribution in [0.15, 0.2) is 54.6 Å². The first-order valence-corrected chi connectivity index (χ1v) is 12.4. The van der Waals surface area contributed by atoms with Crippen molar-refractivity contribution in [1.82, 2.24) is 0 Å². The minimum atomic E-state index is -4.36. The van der Waals surface area contributed by atoms with Crippen molar-refractivity contribution in [1.29, 1.82) is 0 Å². The van der Waals surface area contributed by atoms with Crippen LogP contribution < -0.4 is 0 Å². The maximum atomic E-state index is 15.2. The Bertz CT molecular complexity index is 1120. The quantitative estimate of drug-likeness (QED) is 0.217. The van der Waals surface area contributed by atoms with Crippen molar-refractivity contribution in [3.63, 3.8) is 0 Å². The van der Waals surface area contributed by atoms with Gasteiger partial charge in [-0.15, -0.1) is 0 Å². The third-order valence-corrected chi connectivity index (χ3v) is 6.73. The summed E-state index contributed by atoms with van der Waals surface area (Å²) in [5, 5.41) is 1.37. The lowest BCUT2D eigenvalue weighted by molar-refractivity contribution is -0.203. The largest absolute Gasteiger partial charge is 0.416 e. The lowest BCUT2D eigenvalue weighted by Gasteiger charge is -2.29. The molecule has 3 aromatic carbocycles. The number of fused-ring (bicyclic) bond motifs is 1. The molecule has 4 rings (SSSR count). The van der Waals surface area contributed by atoms with E-state index in [4.69, 9.17) is 14.2 Å². The summed E-state index contributed by atoms with van der Waals surface area (Å²) in [5.74, 6) is 0.137.